The van der Waals surface area contributed by atoms with Gasteiger partial charge in [-0.1, -0.05) is 6.07 Å². The van der Waals surface area contributed by atoms with Crippen molar-refractivity contribution >= 4 is 33.0 Å². The van der Waals surface area contributed by atoms with Crippen LogP contribution in [0.1, 0.15) is 0 Å². The van der Waals surface area contributed by atoms with E-state index in [9.17, 15) is 23.3 Å². The topological polar surface area (TPSA) is 128 Å². The van der Waals surface area contributed by atoms with Gasteiger partial charge in [-0.05, 0) is 18.2 Å². The number of carbonyl (C=O) groups excluding carboxylic acids is 1. The summed E-state index contributed by atoms with van der Waals surface area (Å²) in [6.07, 6.45) is 0.956. The minimum atomic E-state index is -3.84. The quantitative estimate of drug-likeness (QED) is 0.522. The number of sulfonamides is 1. The first kappa shape index (κ1) is 21.0. The smallest absolute Gasteiger partial charge is 0.271 e. The van der Waals surface area contributed by atoms with E-state index < -0.39 is 27.4 Å². The van der Waals surface area contributed by atoms with Crippen LogP contribution >= 0.6 is 0 Å². The number of benzene rings is 2. The highest BCUT2D eigenvalue weighted by molar-refractivity contribution is 7.92. The highest BCUT2D eigenvalue weighted by Gasteiger charge is 2.24. The van der Waals surface area contributed by atoms with Crippen LogP contribution in [0.2, 0.25) is 0 Å². The fourth-order valence-electron chi connectivity index (χ4n) is 2.40. The van der Waals surface area contributed by atoms with Gasteiger partial charge in [0.2, 0.25) is 15.9 Å². The summed E-state index contributed by atoms with van der Waals surface area (Å²) in [5.74, 6) is -0.0215. The molecule has 10 nitrogen and oxygen atoms in total. The molecule has 0 aliphatic heterocycles. The van der Waals surface area contributed by atoms with E-state index in [-0.39, 0.29) is 22.8 Å². The second-order valence-corrected chi connectivity index (χ2v) is 7.57. The molecule has 150 valence electrons. The van der Waals surface area contributed by atoms with Crippen molar-refractivity contribution in [1.82, 2.24) is 0 Å². The molecule has 0 unspecified atom stereocenters. The Morgan fingerprint density at radius 1 is 1.18 bits per heavy atom. The molecule has 1 N–H and O–H groups in total. The van der Waals surface area contributed by atoms with Crippen LogP contribution in [0.3, 0.4) is 0 Å². The number of amides is 1. The Balaban J connectivity index is 2.30. The lowest BCUT2D eigenvalue weighted by Gasteiger charge is -2.24. The first-order valence-electron chi connectivity index (χ1n) is 7.89. The standard InChI is InChI=1S/C17H19N3O7S/c1-26-14-7-8-15(16(10-14)27-2)19(28(3,24)25)11-17(21)18-12-5-4-6-13(9-12)20(22)23/h4-10H,11H2,1-3H3,(H,18,21). The first-order valence-corrected chi connectivity index (χ1v) is 9.74. The summed E-state index contributed by atoms with van der Waals surface area (Å²) in [5, 5.41) is 13.3. The van der Waals surface area contributed by atoms with E-state index in [0.29, 0.717) is 5.75 Å². The van der Waals surface area contributed by atoms with Gasteiger partial charge in [-0.25, -0.2) is 8.42 Å². The molecule has 0 saturated carbocycles. The number of carbonyl (C=O) groups is 1. The maximum Gasteiger partial charge on any atom is 0.271 e. The molecule has 28 heavy (non-hydrogen) atoms. The van der Waals surface area contributed by atoms with E-state index in [1.807, 2.05) is 0 Å². The Morgan fingerprint density at radius 2 is 1.89 bits per heavy atom. The molecule has 0 fully saturated rings. The molecule has 0 spiro atoms. The summed E-state index contributed by atoms with van der Waals surface area (Å²) in [6.45, 7) is -0.551. The van der Waals surface area contributed by atoms with Gasteiger partial charge in [0.1, 0.15) is 18.0 Å². The fourth-order valence-corrected chi connectivity index (χ4v) is 3.26. The van der Waals surface area contributed by atoms with Gasteiger partial charge in [-0.15, -0.1) is 0 Å². The van der Waals surface area contributed by atoms with Crippen molar-refractivity contribution in [1.29, 1.82) is 0 Å². The van der Waals surface area contributed by atoms with Gasteiger partial charge in [-0.2, -0.15) is 0 Å². The van der Waals surface area contributed by atoms with Gasteiger partial charge in [0.05, 0.1) is 31.1 Å². The van der Waals surface area contributed by atoms with Crippen molar-refractivity contribution in [2.24, 2.45) is 0 Å². The lowest BCUT2D eigenvalue weighted by atomic mass is 10.2. The summed E-state index contributed by atoms with van der Waals surface area (Å²) >= 11 is 0. The number of nitrogens with zero attached hydrogens (tertiary/aromatic N) is 2. The molecule has 0 aliphatic rings. The Bertz CT molecular complexity index is 992. The highest BCUT2D eigenvalue weighted by atomic mass is 32.2. The Hall–Kier alpha value is -3.34. The maximum absolute atomic E-state index is 12.4. The van der Waals surface area contributed by atoms with Gasteiger partial charge in [0.25, 0.3) is 5.69 Å². The van der Waals surface area contributed by atoms with E-state index in [1.165, 1.54) is 56.7 Å². The number of hydrogen-bond donors (Lipinski definition) is 1. The summed E-state index contributed by atoms with van der Waals surface area (Å²) in [6, 6.07) is 9.81. The van der Waals surface area contributed by atoms with Gasteiger partial charge < -0.3 is 14.8 Å². The maximum atomic E-state index is 12.4. The predicted octanol–water partition coefficient (Wildman–Crippen LogP) is 2.02. The SMILES string of the molecule is COc1ccc(N(CC(=O)Nc2cccc([N+](=O)[O-])c2)S(C)(=O)=O)c(OC)c1. The number of non-ortho nitro benzene ring substituents is 1. The van der Waals surface area contributed by atoms with Crippen molar-refractivity contribution in [2.75, 3.05) is 36.6 Å². The van der Waals surface area contributed by atoms with Crippen molar-refractivity contribution in [3.8, 4) is 11.5 Å². The van der Waals surface area contributed by atoms with E-state index in [1.54, 1.807) is 0 Å². The third kappa shape index (κ3) is 5.10. The van der Waals surface area contributed by atoms with Crippen LogP contribution in [-0.4, -0.2) is 46.3 Å². The normalized spacial score (nSPS) is 10.8. The number of nitro groups is 1. The van der Waals surface area contributed by atoms with Crippen molar-refractivity contribution in [2.45, 2.75) is 0 Å². The number of nitrogens with one attached hydrogen (secondary N) is 1. The van der Waals surface area contributed by atoms with Crippen LogP contribution in [0.15, 0.2) is 42.5 Å². The zero-order chi connectivity index (χ0) is 20.9. The average molecular weight is 409 g/mol. The fraction of sp³-hybridized carbons (Fsp3) is 0.235. The molecule has 1 amide bonds. The highest BCUT2D eigenvalue weighted by Crippen LogP contribution is 2.33. The second kappa shape index (κ2) is 8.57. The summed E-state index contributed by atoms with van der Waals surface area (Å²) in [5.41, 5.74) is 0.129. The molecule has 0 aliphatic carbocycles. The molecule has 2 rings (SSSR count). The molecule has 0 heterocycles. The lowest BCUT2D eigenvalue weighted by Crippen LogP contribution is -2.37. The average Bonchev–Trinajstić information content (AvgIpc) is 2.65. The first-order chi connectivity index (χ1) is 13.2. The molecule has 0 saturated heterocycles. The summed E-state index contributed by atoms with van der Waals surface area (Å²) < 4.78 is 35.7. The van der Waals surface area contributed by atoms with Crippen LogP contribution in [0, 0.1) is 10.1 Å². The number of hydrogen-bond acceptors (Lipinski definition) is 7. The van der Waals surface area contributed by atoms with Crippen molar-refractivity contribution < 1.29 is 27.6 Å². The second-order valence-electron chi connectivity index (χ2n) is 5.66. The predicted molar refractivity (Wildman–Crippen MR) is 103 cm³/mol. The van der Waals surface area contributed by atoms with Crippen LogP contribution in [0.4, 0.5) is 17.1 Å². The molecule has 0 aromatic heterocycles. The molecule has 2 aromatic rings. The minimum Gasteiger partial charge on any atom is -0.497 e. The Morgan fingerprint density at radius 3 is 2.46 bits per heavy atom. The molecule has 0 bridgehead atoms. The largest absolute Gasteiger partial charge is 0.497 e. The van der Waals surface area contributed by atoms with Gasteiger partial charge in [0.15, 0.2) is 0 Å². The van der Waals surface area contributed by atoms with Crippen molar-refractivity contribution in [3.63, 3.8) is 0 Å². The summed E-state index contributed by atoms with van der Waals surface area (Å²) in [4.78, 5) is 22.6. The molecule has 2 aromatic carbocycles. The number of ether oxygens (including phenoxy) is 2. The van der Waals surface area contributed by atoms with Crippen LogP contribution in [-0.2, 0) is 14.8 Å². The van der Waals surface area contributed by atoms with Crippen LogP contribution < -0.4 is 19.1 Å². The van der Waals surface area contributed by atoms with Gasteiger partial charge in [-0.3, -0.25) is 19.2 Å². The lowest BCUT2D eigenvalue weighted by molar-refractivity contribution is -0.384. The Labute approximate surface area is 161 Å². The minimum absolute atomic E-state index is 0.153. The molecule has 11 heteroatoms. The summed E-state index contributed by atoms with van der Waals surface area (Å²) in [7, 11) is -1.02. The van der Waals surface area contributed by atoms with Crippen LogP contribution in [0.5, 0.6) is 11.5 Å². The Kier molecular flexibility index (Phi) is 6.41. The van der Waals surface area contributed by atoms with Gasteiger partial charge in [0, 0.05) is 23.9 Å². The van der Waals surface area contributed by atoms with Gasteiger partial charge >= 0.3 is 0 Å². The van der Waals surface area contributed by atoms with Crippen molar-refractivity contribution in [3.05, 3.63) is 52.6 Å². The zero-order valence-electron chi connectivity index (χ0n) is 15.4. The third-order valence-electron chi connectivity index (χ3n) is 3.68. The zero-order valence-corrected chi connectivity index (χ0v) is 16.2. The molecular weight excluding hydrogens is 390 g/mol. The van der Waals surface area contributed by atoms with E-state index in [4.69, 9.17) is 9.47 Å². The van der Waals surface area contributed by atoms with E-state index >= 15 is 0 Å². The monoisotopic (exact) mass is 409 g/mol. The number of methoxy groups -OCH3 is 2. The third-order valence-corrected chi connectivity index (χ3v) is 4.81. The number of rotatable bonds is 8. The molecular formula is C17H19N3O7S. The van der Waals surface area contributed by atoms with Crippen LogP contribution in [0.25, 0.3) is 0 Å². The van der Waals surface area contributed by atoms with E-state index in [2.05, 4.69) is 5.32 Å². The van der Waals surface area contributed by atoms with E-state index in [0.717, 1.165) is 10.6 Å². The molecule has 0 atom stereocenters. The molecule has 0 radical (unpaired) electrons. The number of anilines is 2. The number of nitro benzene ring substituents is 1.